The summed E-state index contributed by atoms with van der Waals surface area (Å²) in [6.45, 7) is 4.19. The molecule has 28 heavy (non-hydrogen) atoms. The van der Waals surface area contributed by atoms with Gasteiger partial charge in [-0.05, 0) is 6.07 Å². The first-order chi connectivity index (χ1) is 13.8. The molecule has 0 spiro atoms. The van der Waals surface area contributed by atoms with Crippen LogP contribution in [0.1, 0.15) is 0 Å². The van der Waals surface area contributed by atoms with Gasteiger partial charge in [-0.3, -0.25) is 9.89 Å². The van der Waals surface area contributed by atoms with Crippen LogP contribution < -0.4 is 15.1 Å². The number of hydrogen-bond acceptors (Lipinski definition) is 8. The van der Waals surface area contributed by atoms with E-state index in [0.717, 1.165) is 29.6 Å². The molecular formula is C18H20N8O2. The standard InChI is InChI=1S/C18H20N8O2/c27-15-11-26(5-4-19-15)18-22-16(12-2-1-3-14-13(12)10-20-24-14)21-17(23-18)25-6-8-28-9-7-25/h1-3,10H,4-9,11H2,(H,19,27)(H,20,24). The molecule has 0 saturated carbocycles. The quantitative estimate of drug-likeness (QED) is 0.662. The van der Waals surface area contributed by atoms with Gasteiger partial charge < -0.3 is 19.9 Å². The van der Waals surface area contributed by atoms with Crippen molar-refractivity contribution in [2.24, 2.45) is 0 Å². The van der Waals surface area contributed by atoms with Crippen LogP contribution in [0.3, 0.4) is 0 Å². The number of ether oxygens (including phenoxy) is 1. The molecular weight excluding hydrogens is 360 g/mol. The molecule has 0 radical (unpaired) electrons. The van der Waals surface area contributed by atoms with E-state index >= 15 is 0 Å². The second kappa shape index (κ2) is 7.04. The fourth-order valence-electron chi connectivity index (χ4n) is 3.49. The zero-order valence-electron chi connectivity index (χ0n) is 15.3. The lowest BCUT2D eigenvalue weighted by molar-refractivity contribution is -0.120. The Kier molecular flexibility index (Phi) is 4.24. The summed E-state index contributed by atoms with van der Waals surface area (Å²) in [4.78, 5) is 30.0. The molecule has 10 nitrogen and oxygen atoms in total. The Morgan fingerprint density at radius 2 is 1.82 bits per heavy atom. The molecule has 4 heterocycles. The van der Waals surface area contributed by atoms with Gasteiger partial charge in [-0.25, -0.2) is 0 Å². The van der Waals surface area contributed by atoms with Gasteiger partial charge in [0.15, 0.2) is 5.82 Å². The van der Waals surface area contributed by atoms with Crippen LogP contribution in [0.25, 0.3) is 22.3 Å². The van der Waals surface area contributed by atoms with E-state index in [1.54, 1.807) is 6.20 Å². The molecule has 0 bridgehead atoms. The Hall–Kier alpha value is -3.27. The number of amides is 1. The molecule has 10 heteroatoms. The summed E-state index contributed by atoms with van der Waals surface area (Å²) >= 11 is 0. The molecule has 2 aliphatic heterocycles. The summed E-state index contributed by atoms with van der Waals surface area (Å²) < 4.78 is 5.46. The summed E-state index contributed by atoms with van der Waals surface area (Å²) in [7, 11) is 0. The molecule has 0 aliphatic carbocycles. The fourth-order valence-corrected chi connectivity index (χ4v) is 3.49. The normalized spacial score (nSPS) is 17.8. The minimum Gasteiger partial charge on any atom is -0.378 e. The third kappa shape index (κ3) is 3.11. The van der Waals surface area contributed by atoms with Crippen LogP contribution in [0.15, 0.2) is 24.4 Å². The zero-order valence-corrected chi connectivity index (χ0v) is 15.3. The Morgan fingerprint density at radius 3 is 2.64 bits per heavy atom. The monoisotopic (exact) mass is 380 g/mol. The van der Waals surface area contributed by atoms with Crippen molar-refractivity contribution < 1.29 is 9.53 Å². The number of nitrogens with zero attached hydrogens (tertiary/aromatic N) is 6. The van der Waals surface area contributed by atoms with Crippen molar-refractivity contribution in [1.29, 1.82) is 0 Å². The van der Waals surface area contributed by atoms with Crippen molar-refractivity contribution in [1.82, 2.24) is 30.5 Å². The van der Waals surface area contributed by atoms with Gasteiger partial charge in [-0.2, -0.15) is 20.1 Å². The van der Waals surface area contributed by atoms with E-state index in [1.807, 2.05) is 23.1 Å². The number of carbonyl (C=O) groups is 1. The van der Waals surface area contributed by atoms with Gasteiger partial charge in [-0.1, -0.05) is 12.1 Å². The van der Waals surface area contributed by atoms with Crippen molar-refractivity contribution in [3.63, 3.8) is 0 Å². The average Bonchev–Trinajstić information content (AvgIpc) is 3.23. The number of rotatable bonds is 3. The Morgan fingerprint density at radius 1 is 1.00 bits per heavy atom. The van der Waals surface area contributed by atoms with E-state index in [0.29, 0.717) is 44.0 Å². The van der Waals surface area contributed by atoms with Gasteiger partial charge in [0.2, 0.25) is 17.8 Å². The molecule has 144 valence electrons. The second-order valence-electron chi connectivity index (χ2n) is 6.77. The largest absolute Gasteiger partial charge is 0.378 e. The number of morpholine rings is 1. The summed E-state index contributed by atoms with van der Waals surface area (Å²) in [5.41, 5.74) is 1.80. The van der Waals surface area contributed by atoms with Gasteiger partial charge in [0.25, 0.3) is 0 Å². The minimum absolute atomic E-state index is 0.0296. The molecule has 0 atom stereocenters. The van der Waals surface area contributed by atoms with Crippen LogP contribution in [0.5, 0.6) is 0 Å². The van der Waals surface area contributed by atoms with Crippen LogP contribution in [-0.2, 0) is 9.53 Å². The first kappa shape index (κ1) is 16.9. The van der Waals surface area contributed by atoms with E-state index in [4.69, 9.17) is 14.7 Å². The maximum Gasteiger partial charge on any atom is 0.239 e. The number of anilines is 2. The first-order valence-corrected chi connectivity index (χ1v) is 9.31. The van der Waals surface area contributed by atoms with Crippen LogP contribution >= 0.6 is 0 Å². The van der Waals surface area contributed by atoms with Gasteiger partial charge in [0.05, 0.1) is 31.5 Å². The number of H-pyrrole nitrogens is 1. The fraction of sp³-hybridized carbons (Fsp3) is 0.389. The topological polar surface area (TPSA) is 112 Å². The molecule has 1 aromatic carbocycles. The predicted octanol–water partition coefficient (Wildman–Crippen LogP) is 0.188. The number of benzene rings is 1. The van der Waals surface area contributed by atoms with Gasteiger partial charge in [-0.15, -0.1) is 0 Å². The summed E-state index contributed by atoms with van der Waals surface area (Å²) in [5, 5.41) is 10.9. The van der Waals surface area contributed by atoms with Crippen molar-refractivity contribution in [3.05, 3.63) is 24.4 Å². The van der Waals surface area contributed by atoms with Crippen molar-refractivity contribution in [2.45, 2.75) is 0 Å². The highest BCUT2D eigenvalue weighted by Crippen LogP contribution is 2.27. The lowest BCUT2D eigenvalue weighted by Crippen LogP contribution is -2.48. The van der Waals surface area contributed by atoms with Crippen molar-refractivity contribution in [2.75, 3.05) is 55.7 Å². The van der Waals surface area contributed by atoms with Crippen molar-refractivity contribution >= 4 is 28.7 Å². The SMILES string of the molecule is O=C1CN(c2nc(-c3cccc4[nH]ncc34)nc(N3CCOCC3)n2)CCN1. The molecule has 0 unspecified atom stereocenters. The van der Waals surface area contributed by atoms with Crippen LogP contribution in [0, 0.1) is 0 Å². The molecule has 2 fully saturated rings. The highest BCUT2D eigenvalue weighted by molar-refractivity contribution is 5.92. The number of hydrogen-bond donors (Lipinski definition) is 2. The van der Waals surface area contributed by atoms with Crippen molar-refractivity contribution in [3.8, 4) is 11.4 Å². The van der Waals surface area contributed by atoms with Crippen LogP contribution in [-0.4, -0.2) is 77.0 Å². The summed E-state index contributed by atoms with van der Waals surface area (Å²) in [6.07, 6.45) is 1.77. The number of nitrogens with one attached hydrogen (secondary N) is 2. The lowest BCUT2D eigenvalue weighted by Gasteiger charge is -2.30. The minimum atomic E-state index is -0.0296. The van der Waals surface area contributed by atoms with E-state index in [2.05, 4.69) is 25.4 Å². The van der Waals surface area contributed by atoms with Gasteiger partial charge in [0, 0.05) is 37.1 Å². The summed E-state index contributed by atoms with van der Waals surface area (Å²) in [5.74, 6) is 1.67. The molecule has 2 aromatic heterocycles. The van der Waals surface area contributed by atoms with E-state index < -0.39 is 0 Å². The van der Waals surface area contributed by atoms with Crippen LogP contribution in [0.4, 0.5) is 11.9 Å². The maximum atomic E-state index is 11.9. The van der Waals surface area contributed by atoms with Gasteiger partial charge in [0.1, 0.15) is 0 Å². The van der Waals surface area contributed by atoms with E-state index in [-0.39, 0.29) is 12.5 Å². The third-order valence-electron chi connectivity index (χ3n) is 4.95. The van der Waals surface area contributed by atoms with Crippen LogP contribution in [0.2, 0.25) is 0 Å². The first-order valence-electron chi connectivity index (χ1n) is 9.31. The maximum absolute atomic E-state index is 11.9. The average molecular weight is 380 g/mol. The number of carbonyl (C=O) groups excluding carboxylic acids is 1. The van der Waals surface area contributed by atoms with Gasteiger partial charge >= 0.3 is 0 Å². The lowest BCUT2D eigenvalue weighted by atomic mass is 10.1. The molecule has 2 aliphatic rings. The Balaban J connectivity index is 1.62. The smallest absolute Gasteiger partial charge is 0.239 e. The Labute approximate surface area is 160 Å². The highest BCUT2D eigenvalue weighted by atomic mass is 16.5. The number of aromatic nitrogens is 5. The number of piperazine rings is 1. The highest BCUT2D eigenvalue weighted by Gasteiger charge is 2.23. The zero-order chi connectivity index (χ0) is 18.9. The van der Waals surface area contributed by atoms with E-state index in [1.165, 1.54) is 0 Å². The molecule has 5 rings (SSSR count). The molecule has 2 saturated heterocycles. The van der Waals surface area contributed by atoms with E-state index in [9.17, 15) is 4.79 Å². The molecule has 1 amide bonds. The number of fused-ring (bicyclic) bond motifs is 1. The Bertz CT molecular complexity index is 1010. The molecule has 2 N–H and O–H groups in total. The summed E-state index contributed by atoms with van der Waals surface area (Å²) in [6, 6.07) is 5.89. The predicted molar refractivity (Wildman–Crippen MR) is 103 cm³/mol. The third-order valence-corrected chi connectivity index (χ3v) is 4.95. The molecule has 3 aromatic rings. The second-order valence-corrected chi connectivity index (χ2v) is 6.77. The number of aromatic amines is 1.